The fourth-order valence-electron chi connectivity index (χ4n) is 1.05. The van der Waals surface area contributed by atoms with Crippen molar-refractivity contribution < 1.29 is 9.53 Å². The van der Waals surface area contributed by atoms with Crippen molar-refractivity contribution in [3.05, 3.63) is 60.3 Å². The maximum atomic E-state index is 11.0. The lowest BCUT2D eigenvalue weighted by Crippen LogP contribution is -1.98. The van der Waals surface area contributed by atoms with E-state index in [0.29, 0.717) is 6.61 Å². The lowest BCUT2D eigenvalue weighted by Gasteiger charge is -1.96. The van der Waals surface area contributed by atoms with E-state index in [1.54, 1.807) is 13.0 Å². The zero-order valence-electron chi connectivity index (χ0n) is 8.72. The molecule has 1 aliphatic rings. The van der Waals surface area contributed by atoms with Gasteiger partial charge < -0.3 is 4.74 Å². The van der Waals surface area contributed by atoms with Crippen molar-refractivity contribution >= 4 is 5.97 Å². The molecule has 0 unspecified atom stereocenters. The van der Waals surface area contributed by atoms with Gasteiger partial charge in [-0.3, -0.25) is 0 Å². The van der Waals surface area contributed by atoms with Gasteiger partial charge in [-0.2, -0.15) is 0 Å². The van der Waals surface area contributed by atoms with Gasteiger partial charge in [-0.15, -0.1) is 0 Å². The lowest BCUT2D eigenvalue weighted by atomic mass is 10.2. The Kier molecular flexibility index (Phi) is 4.95. The SMILES string of the molecule is CCOC(=O)C=CC1=CC=CC=CC=C1. The molecule has 0 fully saturated rings. The Bertz CT molecular complexity index is 355. The monoisotopic (exact) mass is 202 g/mol. The molecule has 0 amide bonds. The van der Waals surface area contributed by atoms with Crippen molar-refractivity contribution in [1.82, 2.24) is 0 Å². The van der Waals surface area contributed by atoms with E-state index >= 15 is 0 Å². The molecule has 0 bridgehead atoms. The Morgan fingerprint density at radius 3 is 2.80 bits per heavy atom. The summed E-state index contributed by atoms with van der Waals surface area (Å²) in [6.45, 7) is 2.19. The van der Waals surface area contributed by atoms with E-state index in [0.717, 1.165) is 5.57 Å². The third-order valence-corrected chi connectivity index (χ3v) is 1.72. The highest BCUT2D eigenvalue weighted by atomic mass is 16.5. The number of hydrogen-bond acceptors (Lipinski definition) is 2. The smallest absolute Gasteiger partial charge is 0.330 e. The van der Waals surface area contributed by atoms with E-state index < -0.39 is 0 Å². The second kappa shape index (κ2) is 6.60. The van der Waals surface area contributed by atoms with Crippen LogP contribution in [-0.4, -0.2) is 12.6 Å². The zero-order valence-corrected chi connectivity index (χ0v) is 8.72. The van der Waals surface area contributed by atoms with Gasteiger partial charge in [0.15, 0.2) is 0 Å². The van der Waals surface area contributed by atoms with Crippen LogP contribution in [0.4, 0.5) is 0 Å². The molecular weight excluding hydrogens is 188 g/mol. The van der Waals surface area contributed by atoms with Crippen LogP contribution >= 0.6 is 0 Å². The first-order chi connectivity index (χ1) is 7.33. The predicted octanol–water partition coefficient (Wildman–Crippen LogP) is 2.71. The summed E-state index contributed by atoms with van der Waals surface area (Å²) >= 11 is 0. The van der Waals surface area contributed by atoms with E-state index in [4.69, 9.17) is 4.74 Å². The van der Waals surface area contributed by atoms with Crippen LogP contribution in [-0.2, 0) is 9.53 Å². The van der Waals surface area contributed by atoms with Gasteiger partial charge in [-0.1, -0.05) is 42.5 Å². The molecule has 0 aliphatic heterocycles. The molecule has 0 aromatic heterocycles. The molecule has 15 heavy (non-hydrogen) atoms. The highest BCUT2D eigenvalue weighted by molar-refractivity contribution is 5.82. The average molecular weight is 202 g/mol. The number of carbonyl (C=O) groups excluding carboxylic acids is 1. The standard InChI is InChI=1S/C13H14O2/c1-2-15-13(14)11-10-12-8-6-4-3-5-7-9-12/h3-11H,2H2,1H3. The van der Waals surface area contributed by atoms with E-state index in [1.165, 1.54) is 6.08 Å². The van der Waals surface area contributed by atoms with E-state index in [2.05, 4.69) is 0 Å². The largest absolute Gasteiger partial charge is 0.463 e. The summed E-state index contributed by atoms with van der Waals surface area (Å²) < 4.78 is 4.78. The van der Waals surface area contributed by atoms with Gasteiger partial charge >= 0.3 is 5.97 Å². The van der Waals surface area contributed by atoms with Crippen molar-refractivity contribution in [2.24, 2.45) is 0 Å². The van der Waals surface area contributed by atoms with Gasteiger partial charge in [0.2, 0.25) is 0 Å². The predicted molar refractivity (Wildman–Crippen MR) is 61.3 cm³/mol. The lowest BCUT2D eigenvalue weighted by molar-refractivity contribution is -0.137. The molecule has 0 aromatic rings. The molecule has 0 heterocycles. The molecule has 0 saturated heterocycles. The molecule has 2 heteroatoms. The van der Waals surface area contributed by atoms with Crippen molar-refractivity contribution in [3.8, 4) is 0 Å². The molecule has 1 rings (SSSR count). The van der Waals surface area contributed by atoms with Crippen LogP contribution in [0, 0.1) is 0 Å². The summed E-state index contributed by atoms with van der Waals surface area (Å²) in [6.07, 6.45) is 16.7. The molecular formula is C13H14O2. The number of esters is 1. The number of carbonyl (C=O) groups is 1. The average Bonchev–Trinajstić information content (AvgIpc) is 2.16. The Morgan fingerprint density at radius 2 is 2.00 bits per heavy atom. The van der Waals surface area contributed by atoms with Crippen LogP contribution in [0.5, 0.6) is 0 Å². The van der Waals surface area contributed by atoms with Crippen LogP contribution < -0.4 is 0 Å². The fourth-order valence-corrected chi connectivity index (χ4v) is 1.05. The summed E-state index contributed by atoms with van der Waals surface area (Å²) in [4.78, 5) is 11.0. The maximum absolute atomic E-state index is 11.0. The van der Waals surface area contributed by atoms with Crippen molar-refractivity contribution in [2.45, 2.75) is 6.92 Å². The van der Waals surface area contributed by atoms with Gasteiger partial charge in [0, 0.05) is 6.08 Å². The van der Waals surface area contributed by atoms with Crippen molar-refractivity contribution in [3.63, 3.8) is 0 Å². The normalized spacial score (nSPS) is 14.9. The van der Waals surface area contributed by atoms with Crippen LogP contribution in [0.2, 0.25) is 0 Å². The highest BCUT2D eigenvalue weighted by Crippen LogP contribution is 2.03. The first-order valence-electron chi connectivity index (χ1n) is 4.89. The molecule has 0 N–H and O–H groups in total. The number of rotatable bonds is 3. The summed E-state index contributed by atoms with van der Waals surface area (Å²) in [5.41, 5.74) is 0.962. The Labute approximate surface area is 89.9 Å². The number of allylic oxidation sites excluding steroid dienone is 9. The number of hydrogen-bond donors (Lipinski definition) is 0. The summed E-state index contributed by atoms with van der Waals surface area (Å²) in [7, 11) is 0. The van der Waals surface area contributed by atoms with Gasteiger partial charge in [0.25, 0.3) is 0 Å². The molecule has 2 nitrogen and oxygen atoms in total. The molecule has 0 saturated carbocycles. The first kappa shape index (κ1) is 11.2. The maximum Gasteiger partial charge on any atom is 0.330 e. The summed E-state index contributed by atoms with van der Waals surface area (Å²) in [5.74, 6) is -0.312. The third-order valence-electron chi connectivity index (χ3n) is 1.72. The molecule has 0 atom stereocenters. The fraction of sp³-hybridized carbons (Fsp3) is 0.154. The highest BCUT2D eigenvalue weighted by Gasteiger charge is 1.93. The molecule has 1 aliphatic carbocycles. The van der Waals surface area contributed by atoms with Gasteiger partial charge in [0.05, 0.1) is 6.61 Å². The Morgan fingerprint density at radius 1 is 1.27 bits per heavy atom. The summed E-state index contributed by atoms with van der Waals surface area (Å²) in [5, 5.41) is 0. The molecule has 0 aromatic carbocycles. The van der Waals surface area contributed by atoms with Crippen LogP contribution in [0.3, 0.4) is 0 Å². The minimum Gasteiger partial charge on any atom is -0.463 e. The van der Waals surface area contributed by atoms with Crippen LogP contribution in [0.1, 0.15) is 6.92 Å². The molecule has 0 spiro atoms. The van der Waals surface area contributed by atoms with E-state index in [1.807, 2.05) is 42.5 Å². The van der Waals surface area contributed by atoms with Gasteiger partial charge in [-0.05, 0) is 18.6 Å². The van der Waals surface area contributed by atoms with Crippen molar-refractivity contribution in [2.75, 3.05) is 6.61 Å². The Hall–Kier alpha value is -1.83. The minimum absolute atomic E-state index is 0.312. The second-order valence-electron chi connectivity index (χ2n) is 2.88. The summed E-state index contributed by atoms with van der Waals surface area (Å²) in [6, 6.07) is 0. The second-order valence-corrected chi connectivity index (χ2v) is 2.88. The third kappa shape index (κ3) is 4.81. The van der Waals surface area contributed by atoms with Crippen LogP contribution in [0.25, 0.3) is 0 Å². The van der Waals surface area contributed by atoms with Gasteiger partial charge in [-0.25, -0.2) is 4.79 Å². The topological polar surface area (TPSA) is 26.3 Å². The van der Waals surface area contributed by atoms with E-state index in [9.17, 15) is 4.79 Å². The Balaban J connectivity index is 2.60. The molecule has 0 radical (unpaired) electrons. The van der Waals surface area contributed by atoms with Crippen molar-refractivity contribution in [1.29, 1.82) is 0 Å². The van der Waals surface area contributed by atoms with Gasteiger partial charge in [0.1, 0.15) is 0 Å². The minimum atomic E-state index is -0.312. The molecule has 78 valence electrons. The first-order valence-corrected chi connectivity index (χ1v) is 4.89. The number of ether oxygens (including phenoxy) is 1. The zero-order chi connectivity index (χ0) is 10.9. The quantitative estimate of drug-likeness (QED) is 0.519. The van der Waals surface area contributed by atoms with Crippen LogP contribution in [0.15, 0.2) is 60.3 Å². The van der Waals surface area contributed by atoms with E-state index in [-0.39, 0.29) is 5.97 Å².